The van der Waals surface area contributed by atoms with E-state index in [1.165, 1.54) is 11.6 Å². The van der Waals surface area contributed by atoms with Gasteiger partial charge in [0.15, 0.2) is 9.84 Å². The van der Waals surface area contributed by atoms with E-state index in [0.29, 0.717) is 30.1 Å². The molecule has 1 saturated carbocycles. The zero-order valence-electron chi connectivity index (χ0n) is 14.3. The molecule has 7 heteroatoms. The van der Waals surface area contributed by atoms with Crippen LogP contribution in [0.3, 0.4) is 0 Å². The molecule has 1 aromatic heterocycles. The smallest absolute Gasteiger partial charge is 0.312 e. The van der Waals surface area contributed by atoms with E-state index < -0.39 is 21.7 Å². The number of carbonyl (C=O) groups excluding carboxylic acids is 1. The van der Waals surface area contributed by atoms with Gasteiger partial charge in [-0.2, -0.15) is 0 Å². The molecule has 2 aromatic rings. The number of hydrogen-bond donors (Lipinski definition) is 1. The Morgan fingerprint density at radius 2 is 1.77 bits per heavy atom. The number of hydrogen-bond acceptors (Lipinski definition) is 4. The predicted molar refractivity (Wildman–Crippen MR) is 94.4 cm³/mol. The molecular formula is C19H19NO5S. The molecular weight excluding hydrogens is 354 g/mol. The first-order chi connectivity index (χ1) is 12.3. The first-order valence-corrected chi connectivity index (χ1v) is 10.5. The summed E-state index contributed by atoms with van der Waals surface area (Å²) < 4.78 is 26.0. The highest BCUT2D eigenvalue weighted by Gasteiger charge is 2.36. The second-order valence-corrected chi connectivity index (χ2v) is 9.09. The van der Waals surface area contributed by atoms with Crippen LogP contribution in [-0.4, -0.2) is 36.1 Å². The highest BCUT2D eigenvalue weighted by Crippen LogP contribution is 2.40. The highest BCUT2D eigenvalue weighted by molar-refractivity contribution is 7.90. The second-order valence-electron chi connectivity index (χ2n) is 7.11. The molecule has 26 heavy (non-hydrogen) atoms. The van der Waals surface area contributed by atoms with E-state index in [2.05, 4.69) is 0 Å². The number of carboxylic acid groups (broad SMARTS) is 1. The fraction of sp³-hybridized carbons (Fsp3) is 0.368. The monoisotopic (exact) mass is 373 g/mol. The first-order valence-electron chi connectivity index (χ1n) is 8.58. The van der Waals surface area contributed by atoms with E-state index in [1.807, 2.05) is 12.1 Å². The molecule has 1 atom stereocenters. The molecule has 1 unspecified atom stereocenters. The largest absolute Gasteiger partial charge is 0.481 e. The maximum Gasteiger partial charge on any atom is 0.312 e. The number of carbonyl (C=O) groups is 2. The zero-order valence-corrected chi connectivity index (χ0v) is 15.1. The highest BCUT2D eigenvalue weighted by atomic mass is 32.2. The molecule has 0 amide bonds. The Hall–Kier alpha value is -2.41. The van der Waals surface area contributed by atoms with Crippen molar-refractivity contribution in [3.63, 3.8) is 0 Å². The van der Waals surface area contributed by atoms with Gasteiger partial charge in [0.1, 0.15) is 5.69 Å². The number of aliphatic carboxylic acids is 1. The van der Waals surface area contributed by atoms with Crippen LogP contribution in [-0.2, 0) is 21.2 Å². The molecule has 0 radical (unpaired) electrons. The number of fused-ring (bicyclic) bond motifs is 1. The summed E-state index contributed by atoms with van der Waals surface area (Å²) in [4.78, 5) is 24.4. The van der Waals surface area contributed by atoms with Crippen molar-refractivity contribution in [3.05, 3.63) is 52.8 Å². The third kappa shape index (κ3) is 2.76. The van der Waals surface area contributed by atoms with Gasteiger partial charge < -0.3 is 9.67 Å². The van der Waals surface area contributed by atoms with Gasteiger partial charge in [-0.15, -0.1) is 0 Å². The van der Waals surface area contributed by atoms with Crippen LogP contribution < -0.4 is 0 Å². The van der Waals surface area contributed by atoms with Crippen molar-refractivity contribution < 1.29 is 23.1 Å². The minimum absolute atomic E-state index is 0.0745. The average molecular weight is 373 g/mol. The number of rotatable bonds is 5. The first kappa shape index (κ1) is 17.0. The van der Waals surface area contributed by atoms with Gasteiger partial charge in [-0.3, -0.25) is 9.59 Å². The lowest BCUT2D eigenvalue weighted by molar-refractivity contribution is -0.138. The molecule has 6 nitrogen and oxygen atoms in total. The number of aromatic nitrogens is 1. The zero-order chi connectivity index (χ0) is 18.6. The van der Waals surface area contributed by atoms with Gasteiger partial charge in [0.2, 0.25) is 5.78 Å². The summed E-state index contributed by atoms with van der Waals surface area (Å²) in [6.07, 6.45) is 3.72. The van der Waals surface area contributed by atoms with Crippen LogP contribution >= 0.6 is 0 Å². The van der Waals surface area contributed by atoms with Crippen LogP contribution in [0.4, 0.5) is 0 Å². The second kappa shape index (κ2) is 5.81. The van der Waals surface area contributed by atoms with Crippen LogP contribution in [0.25, 0.3) is 0 Å². The number of benzene rings is 1. The topological polar surface area (TPSA) is 93.4 Å². The third-order valence-corrected chi connectivity index (χ3v) is 6.34. The number of sulfone groups is 1. The molecule has 2 heterocycles. The van der Waals surface area contributed by atoms with Crippen molar-refractivity contribution in [1.82, 2.24) is 4.57 Å². The van der Waals surface area contributed by atoms with Crippen molar-refractivity contribution in [2.75, 3.05) is 6.26 Å². The third-order valence-electron chi connectivity index (χ3n) is 5.23. The van der Waals surface area contributed by atoms with Gasteiger partial charge in [0.25, 0.3) is 0 Å². The number of carboxylic acids is 1. The van der Waals surface area contributed by atoms with Crippen molar-refractivity contribution in [2.24, 2.45) is 0 Å². The molecule has 1 aromatic carbocycles. The SMILES string of the molecule is CS(=O)(=O)c1cc2n(c1C(=O)c1ccc(C3CC3)cc1)CCC2C(=O)O. The molecule has 0 bridgehead atoms. The maximum atomic E-state index is 13.1. The normalized spacial score (nSPS) is 19.3. The van der Waals surface area contributed by atoms with Crippen LogP contribution in [0, 0.1) is 0 Å². The van der Waals surface area contributed by atoms with Crippen LogP contribution in [0.5, 0.6) is 0 Å². The Morgan fingerprint density at radius 1 is 1.12 bits per heavy atom. The molecule has 0 spiro atoms. The van der Waals surface area contributed by atoms with E-state index >= 15 is 0 Å². The Balaban J connectivity index is 1.80. The summed E-state index contributed by atoms with van der Waals surface area (Å²) in [5.41, 5.74) is 2.07. The van der Waals surface area contributed by atoms with E-state index in [-0.39, 0.29) is 16.4 Å². The van der Waals surface area contributed by atoms with Crippen molar-refractivity contribution in [1.29, 1.82) is 0 Å². The van der Waals surface area contributed by atoms with Crippen LogP contribution in [0.2, 0.25) is 0 Å². The molecule has 4 rings (SSSR count). The lowest BCUT2D eigenvalue weighted by Gasteiger charge is -2.08. The van der Waals surface area contributed by atoms with Gasteiger partial charge in [-0.25, -0.2) is 8.42 Å². The molecule has 1 aliphatic carbocycles. The van der Waals surface area contributed by atoms with Gasteiger partial charge in [0.05, 0.1) is 10.8 Å². The molecule has 136 valence electrons. The van der Waals surface area contributed by atoms with Gasteiger partial charge in [-0.1, -0.05) is 24.3 Å². The number of ketones is 1. The van der Waals surface area contributed by atoms with Gasteiger partial charge >= 0.3 is 5.97 Å². The Labute approximate surface area is 151 Å². The Bertz CT molecular complexity index is 1010. The number of nitrogens with zero attached hydrogens (tertiary/aromatic N) is 1. The summed E-state index contributed by atoms with van der Waals surface area (Å²) >= 11 is 0. The predicted octanol–water partition coefficient (Wildman–Crippen LogP) is 2.57. The van der Waals surface area contributed by atoms with Gasteiger partial charge in [-0.05, 0) is 36.8 Å². The quantitative estimate of drug-likeness (QED) is 0.813. The fourth-order valence-electron chi connectivity index (χ4n) is 3.71. The van der Waals surface area contributed by atoms with Gasteiger partial charge in [0, 0.05) is 24.1 Å². The van der Waals surface area contributed by atoms with E-state index in [1.54, 1.807) is 16.7 Å². The Morgan fingerprint density at radius 3 is 2.31 bits per heavy atom. The average Bonchev–Trinajstić information content (AvgIpc) is 3.22. The summed E-state index contributed by atoms with van der Waals surface area (Å²) in [5.74, 6) is -1.60. The molecule has 2 aliphatic rings. The summed E-state index contributed by atoms with van der Waals surface area (Å²) in [7, 11) is -3.66. The van der Waals surface area contributed by atoms with Crippen molar-refractivity contribution in [3.8, 4) is 0 Å². The molecule has 1 fully saturated rings. The summed E-state index contributed by atoms with van der Waals surface area (Å²) in [6.45, 7) is 0.322. The van der Waals surface area contributed by atoms with Crippen LogP contribution in [0.1, 0.15) is 58.4 Å². The fourth-order valence-corrected chi connectivity index (χ4v) is 4.59. The van der Waals surface area contributed by atoms with E-state index in [0.717, 1.165) is 19.1 Å². The summed E-state index contributed by atoms with van der Waals surface area (Å²) in [6, 6.07) is 8.64. The maximum absolute atomic E-state index is 13.1. The molecule has 1 N–H and O–H groups in total. The summed E-state index contributed by atoms with van der Waals surface area (Å²) in [5, 5.41) is 9.36. The minimum atomic E-state index is -3.66. The van der Waals surface area contributed by atoms with Crippen LogP contribution in [0.15, 0.2) is 35.2 Å². The van der Waals surface area contributed by atoms with Crippen molar-refractivity contribution in [2.45, 2.75) is 42.5 Å². The minimum Gasteiger partial charge on any atom is -0.481 e. The van der Waals surface area contributed by atoms with E-state index in [4.69, 9.17) is 0 Å². The Kier molecular flexibility index (Phi) is 3.80. The lowest BCUT2D eigenvalue weighted by Crippen LogP contribution is -2.13. The van der Waals surface area contributed by atoms with Crippen molar-refractivity contribution >= 4 is 21.6 Å². The standard InChI is InChI=1S/C19H19NO5S/c1-26(24,25)16-10-15-14(19(22)23)8-9-20(15)17(16)18(21)13-6-4-12(5-7-13)11-2-3-11/h4-7,10-11,14H,2-3,8-9H2,1H3,(H,22,23). The molecule has 0 saturated heterocycles. The van der Waals surface area contributed by atoms with E-state index in [9.17, 15) is 23.1 Å². The lowest BCUT2D eigenvalue weighted by atomic mass is 10.0. The molecule has 1 aliphatic heterocycles.